The molecule has 2 fully saturated rings. The number of alkyl halides is 2. The highest BCUT2D eigenvalue weighted by atomic mass is 32.2. The summed E-state index contributed by atoms with van der Waals surface area (Å²) in [6.45, 7) is 0. The van der Waals surface area contributed by atoms with Gasteiger partial charge in [0, 0.05) is 12.0 Å². The number of hydrogen-bond donors (Lipinski definition) is 0. The third-order valence-corrected chi connectivity index (χ3v) is 5.46. The Hall–Kier alpha value is -0.890. The summed E-state index contributed by atoms with van der Waals surface area (Å²) in [5.41, 5.74) is 0. The Bertz CT molecular complexity index is 452. The van der Waals surface area contributed by atoms with Crippen molar-refractivity contribution in [3.8, 4) is 0 Å². The van der Waals surface area contributed by atoms with Gasteiger partial charge in [-0.15, -0.1) is 0 Å². The second-order valence-corrected chi connectivity index (χ2v) is 7.71. The Balaban J connectivity index is 1.99. The minimum absolute atomic E-state index is 0.0432. The first kappa shape index (κ1) is 20.4. The van der Waals surface area contributed by atoms with E-state index in [9.17, 15) is 14.0 Å². The van der Waals surface area contributed by atoms with Crippen molar-refractivity contribution >= 4 is 24.0 Å². The molecular weight excluding hydrogens is 354 g/mol. The van der Waals surface area contributed by atoms with Crippen molar-refractivity contribution in [2.45, 2.75) is 87.6 Å². The van der Waals surface area contributed by atoms with Crippen molar-refractivity contribution in [2.24, 2.45) is 0 Å². The molecular formula is C17H26F2O5S. The van der Waals surface area contributed by atoms with Crippen molar-refractivity contribution in [3.63, 3.8) is 0 Å². The van der Waals surface area contributed by atoms with Gasteiger partial charge in [-0.25, -0.2) is 18.4 Å². The van der Waals surface area contributed by atoms with Crippen molar-refractivity contribution in [2.75, 3.05) is 7.11 Å². The lowest BCUT2D eigenvalue weighted by Crippen LogP contribution is -2.48. The van der Waals surface area contributed by atoms with E-state index in [2.05, 4.69) is 4.18 Å². The van der Waals surface area contributed by atoms with Crippen molar-refractivity contribution in [3.05, 3.63) is 0 Å². The van der Waals surface area contributed by atoms with Gasteiger partial charge in [0.2, 0.25) is 0 Å². The first-order chi connectivity index (χ1) is 12.0. The Labute approximate surface area is 151 Å². The van der Waals surface area contributed by atoms with Crippen LogP contribution in [0.25, 0.3) is 0 Å². The first-order valence-electron chi connectivity index (χ1n) is 8.93. The molecule has 0 aromatic carbocycles. The summed E-state index contributed by atoms with van der Waals surface area (Å²) in [6.07, 6.45) is 4.38. The number of esters is 2. The average molecular weight is 380 g/mol. The highest BCUT2D eigenvalue weighted by molar-refractivity contribution is 7.96. The molecule has 8 heteroatoms. The third-order valence-electron chi connectivity index (χ3n) is 4.68. The molecule has 2 aliphatic carbocycles. The van der Waals surface area contributed by atoms with Crippen LogP contribution >= 0.6 is 12.0 Å². The molecule has 5 nitrogen and oxygen atoms in total. The topological polar surface area (TPSA) is 61.8 Å². The van der Waals surface area contributed by atoms with E-state index in [-0.39, 0.29) is 12.0 Å². The lowest BCUT2D eigenvalue weighted by Gasteiger charge is -2.29. The van der Waals surface area contributed by atoms with Gasteiger partial charge in [-0.05, 0) is 51.4 Å². The molecule has 2 rings (SSSR count). The minimum atomic E-state index is -3.27. The molecule has 2 unspecified atom stereocenters. The van der Waals surface area contributed by atoms with Crippen molar-refractivity contribution in [1.82, 2.24) is 0 Å². The van der Waals surface area contributed by atoms with E-state index in [1.165, 1.54) is 0 Å². The van der Waals surface area contributed by atoms with Gasteiger partial charge in [-0.2, -0.15) is 0 Å². The van der Waals surface area contributed by atoms with Crippen molar-refractivity contribution in [1.29, 1.82) is 0 Å². The molecule has 144 valence electrons. The largest absolute Gasteiger partial charge is 0.460 e. The van der Waals surface area contributed by atoms with Crippen LogP contribution in [0.2, 0.25) is 0 Å². The molecule has 0 amide bonds. The van der Waals surface area contributed by atoms with Crippen LogP contribution in [0, 0.1) is 0 Å². The quantitative estimate of drug-likeness (QED) is 0.491. The van der Waals surface area contributed by atoms with Crippen LogP contribution in [-0.2, 0) is 23.2 Å². The van der Waals surface area contributed by atoms with E-state index in [1.54, 1.807) is 0 Å². The average Bonchev–Trinajstić information content (AvgIpc) is 2.62. The van der Waals surface area contributed by atoms with E-state index >= 15 is 4.39 Å². The summed E-state index contributed by atoms with van der Waals surface area (Å²) in [6, 6.07) is 0. The summed E-state index contributed by atoms with van der Waals surface area (Å²) in [7, 11) is 1.10. The van der Waals surface area contributed by atoms with Gasteiger partial charge in [0.1, 0.15) is 12.2 Å². The molecule has 2 atom stereocenters. The summed E-state index contributed by atoms with van der Waals surface area (Å²) >= 11 is -0.0432. The van der Waals surface area contributed by atoms with Crippen LogP contribution in [0.1, 0.15) is 64.2 Å². The normalized spacial score (nSPS) is 23.5. The van der Waals surface area contributed by atoms with Gasteiger partial charge in [0.05, 0.1) is 7.11 Å². The molecule has 2 aliphatic rings. The fraction of sp³-hybridized carbons (Fsp3) is 0.882. The molecule has 0 bridgehead atoms. The number of ether oxygens (including phenoxy) is 2. The van der Waals surface area contributed by atoms with Crippen LogP contribution in [0.4, 0.5) is 8.78 Å². The number of rotatable bonds is 7. The standard InChI is InChI=1S/C17H26F2O5S/c1-22-25-17(19,16(21)24-13-10-6-3-7-11-13)14(18)15(20)23-12-8-4-2-5-9-12/h12-14H,2-11H2,1H3. The molecule has 2 saturated carbocycles. The smallest absolute Gasteiger partial charge is 0.361 e. The number of hydrogen-bond acceptors (Lipinski definition) is 6. The molecule has 25 heavy (non-hydrogen) atoms. The number of halogens is 2. The van der Waals surface area contributed by atoms with Gasteiger partial charge in [-0.1, -0.05) is 12.8 Å². The second kappa shape index (κ2) is 9.71. The summed E-state index contributed by atoms with van der Waals surface area (Å²) in [5.74, 6) is -2.79. The van der Waals surface area contributed by atoms with E-state index < -0.39 is 35.3 Å². The van der Waals surface area contributed by atoms with Gasteiger partial charge in [0.25, 0.3) is 6.17 Å². The van der Waals surface area contributed by atoms with Crippen LogP contribution in [0.15, 0.2) is 0 Å². The predicted molar refractivity (Wildman–Crippen MR) is 89.3 cm³/mol. The second-order valence-electron chi connectivity index (χ2n) is 6.62. The van der Waals surface area contributed by atoms with Gasteiger partial charge in [-0.3, -0.25) is 0 Å². The maximum atomic E-state index is 15.0. The molecule has 0 aromatic rings. The lowest BCUT2D eigenvalue weighted by atomic mass is 9.97. The zero-order valence-electron chi connectivity index (χ0n) is 14.5. The Morgan fingerprint density at radius 1 is 0.960 bits per heavy atom. The zero-order valence-corrected chi connectivity index (χ0v) is 15.3. The summed E-state index contributed by atoms with van der Waals surface area (Å²) in [4.78, 5) is 24.2. The maximum Gasteiger partial charge on any atom is 0.361 e. The predicted octanol–water partition coefficient (Wildman–Crippen LogP) is 4.04. The maximum absolute atomic E-state index is 15.0. The van der Waals surface area contributed by atoms with E-state index in [4.69, 9.17) is 9.47 Å². The first-order valence-corrected chi connectivity index (χ1v) is 9.68. The highest BCUT2D eigenvalue weighted by Crippen LogP contribution is 2.37. The monoisotopic (exact) mass is 380 g/mol. The van der Waals surface area contributed by atoms with Crippen LogP contribution < -0.4 is 0 Å². The van der Waals surface area contributed by atoms with Crippen LogP contribution in [0.5, 0.6) is 0 Å². The summed E-state index contributed by atoms with van der Waals surface area (Å²) < 4.78 is 44.3. The van der Waals surface area contributed by atoms with Gasteiger partial charge >= 0.3 is 16.9 Å². The van der Waals surface area contributed by atoms with Crippen LogP contribution in [-0.4, -0.2) is 42.4 Å². The highest BCUT2D eigenvalue weighted by Gasteiger charge is 2.56. The molecule has 0 saturated heterocycles. The molecule has 0 spiro atoms. The Morgan fingerprint density at radius 2 is 1.44 bits per heavy atom. The SMILES string of the molecule is COSC(F)(C(=O)OC1CCCCC1)C(F)C(=O)OC1CCCCC1. The lowest BCUT2D eigenvalue weighted by molar-refractivity contribution is -0.173. The van der Waals surface area contributed by atoms with E-state index in [0.29, 0.717) is 25.7 Å². The van der Waals surface area contributed by atoms with Crippen LogP contribution in [0.3, 0.4) is 0 Å². The number of carbonyl (C=O) groups excluding carboxylic acids is 2. The zero-order chi connectivity index (χ0) is 18.3. The fourth-order valence-electron chi connectivity index (χ4n) is 3.27. The molecule has 0 N–H and O–H groups in total. The fourth-order valence-corrected chi connectivity index (χ4v) is 3.81. The Morgan fingerprint density at radius 3 is 1.92 bits per heavy atom. The third kappa shape index (κ3) is 5.54. The number of carbonyl (C=O) groups is 2. The molecule has 0 aromatic heterocycles. The van der Waals surface area contributed by atoms with Crippen molar-refractivity contribution < 1.29 is 32.0 Å². The van der Waals surface area contributed by atoms with Gasteiger partial charge < -0.3 is 13.7 Å². The van der Waals surface area contributed by atoms with Gasteiger partial charge in [0.15, 0.2) is 0 Å². The minimum Gasteiger partial charge on any atom is -0.460 e. The summed E-state index contributed by atoms with van der Waals surface area (Å²) in [5, 5.41) is -3.27. The Kier molecular flexibility index (Phi) is 7.93. The molecule has 0 heterocycles. The van der Waals surface area contributed by atoms with E-state index in [0.717, 1.165) is 45.6 Å². The van der Waals surface area contributed by atoms with E-state index in [1.807, 2.05) is 0 Å². The molecule has 0 radical (unpaired) electrons. The molecule has 0 aliphatic heterocycles.